The topological polar surface area (TPSA) is 29.0 Å². The molecule has 0 aromatic carbocycles. The molecule has 102 valence electrons. The van der Waals surface area contributed by atoms with Gasteiger partial charge in [0.15, 0.2) is 0 Å². The summed E-state index contributed by atoms with van der Waals surface area (Å²) in [6.45, 7) is 5.35. The number of piperidine rings is 1. The smallest absolute Gasteiger partial charge is 0.205 e. The molecule has 0 bridgehead atoms. The molecule has 0 amide bonds. The molecule has 1 saturated heterocycles. The molecule has 1 aliphatic rings. The highest BCUT2D eigenvalue weighted by Crippen LogP contribution is 2.29. The van der Waals surface area contributed by atoms with Crippen LogP contribution in [0.1, 0.15) is 51.8 Å². The van der Waals surface area contributed by atoms with E-state index in [0.717, 1.165) is 36.8 Å². The van der Waals surface area contributed by atoms with Crippen molar-refractivity contribution in [3.63, 3.8) is 0 Å². The monoisotopic (exact) mass is 287 g/mol. The van der Waals surface area contributed by atoms with Crippen LogP contribution in [0.3, 0.4) is 0 Å². The van der Waals surface area contributed by atoms with Crippen molar-refractivity contribution in [3.8, 4) is 0 Å². The van der Waals surface area contributed by atoms with Gasteiger partial charge >= 0.3 is 0 Å². The summed E-state index contributed by atoms with van der Waals surface area (Å²) in [5.74, 6) is 1.00. The van der Waals surface area contributed by atoms with Gasteiger partial charge in [0.25, 0.3) is 0 Å². The van der Waals surface area contributed by atoms with Crippen molar-refractivity contribution in [2.45, 2.75) is 63.8 Å². The van der Waals surface area contributed by atoms with E-state index >= 15 is 0 Å². The number of aryl methyl sites for hydroxylation is 1. The molecule has 0 radical (unpaired) electrons. The van der Waals surface area contributed by atoms with Crippen LogP contribution in [-0.4, -0.2) is 27.3 Å². The van der Waals surface area contributed by atoms with Crippen molar-refractivity contribution < 1.29 is 0 Å². The van der Waals surface area contributed by atoms with Crippen molar-refractivity contribution in [3.05, 3.63) is 5.82 Å². The number of alkyl halides is 1. The molecule has 0 spiro atoms. The van der Waals surface area contributed by atoms with Crippen LogP contribution in [0.2, 0.25) is 0 Å². The van der Waals surface area contributed by atoms with Gasteiger partial charge in [-0.25, -0.2) is 4.98 Å². The molecule has 0 aliphatic carbocycles. The molecule has 0 saturated carbocycles. The first-order valence-electron chi connectivity index (χ1n) is 6.94. The Morgan fingerprint density at radius 3 is 3.06 bits per heavy atom. The van der Waals surface area contributed by atoms with Gasteiger partial charge in [0.05, 0.1) is 0 Å². The lowest BCUT2D eigenvalue weighted by Crippen LogP contribution is -2.40. The maximum atomic E-state index is 6.16. The van der Waals surface area contributed by atoms with Gasteiger partial charge in [-0.1, -0.05) is 6.92 Å². The second kappa shape index (κ2) is 6.71. The number of hydrogen-bond donors (Lipinski definition) is 0. The number of nitrogens with zero attached hydrogens (tertiary/aromatic N) is 3. The minimum Gasteiger partial charge on any atom is -0.344 e. The predicted molar refractivity (Wildman–Crippen MR) is 78.8 cm³/mol. The Kier molecular flexibility index (Phi) is 5.25. The second-order valence-electron chi connectivity index (χ2n) is 5.10. The summed E-state index contributed by atoms with van der Waals surface area (Å²) in [4.78, 5) is 7.10. The van der Waals surface area contributed by atoms with E-state index in [1.807, 2.05) is 0 Å². The number of rotatable bonds is 5. The molecule has 5 heteroatoms. The van der Waals surface area contributed by atoms with Gasteiger partial charge < -0.3 is 4.90 Å². The van der Waals surface area contributed by atoms with Gasteiger partial charge in [-0.05, 0) is 39.0 Å². The van der Waals surface area contributed by atoms with Gasteiger partial charge in [-0.3, -0.25) is 0 Å². The third-order valence-electron chi connectivity index (χ3n) is 3.40. The molecular weight excluding hydrogens is 266 g/mol. The third-order valence-corrected chi connectivity index (χ3v) is 4.37. The first kappa shape index (κ1) is 14.1. The maximum Gasteiger partial charge on any atom is 0.205 e. The molecule has 1 fully saturated rings. The first-order chi connectivity index (χ1) is 8.70. The maximum absolute atomic E-state index is 6.16. The standard InChI is InChI=1S/C13H22ClN3S/c1-3-6-12-15-13(18-16-12)17-8-5-4-7-11(17)9-10(2)14/h10-11H,3-9H2,1-2H3. The van der Waals surface area contributed by atoms with E-state index in [-0.39, 0.29) is 5.38 Å². The minimum absolute atomic E-state index is 0.235. The molecular formula is C13H22ClN3S. The number of anilines is 1. The van der Waals surface area contributed by atoms with Gasteiger partial charge in [-0.15, -0.1) is 11.6 Å². The molecule has 3 nitrogen and oxygen atoms in total. The Hall–Kier alpha value is -0.350. The van der Waals surface area contributed by atoms with Crippen molar-refractivity contribution in [1.29, 1.82) is 0 Å². The highest BCUT2D eigenvalue weighted by Gasteiger charge is 2.26. The number of hydrogen-bond acceptors (Lipinski definition) is 4. The van der Waals surface area contributed by atoms with Gasteiger partial charge in [-0.2, -0.15) is 4.37 Å². The Balaban J connectivity index is 2.06. The van der Waals surface area contributed by atoms with E-state index in [4.69, 9.17) is 11.6 Å². The van der Waals surface area contributed by atoms with E-state index in [1.165, 1.54) is 19.3 Å². The minimum atomic E-state index is 0.235. The van der Waals surface area contributed by atoms with Crippen LogP contribution in [0.25, 0.3) is 0 Å². The molecule has 1 aromatic rings. The van der Waals surface area contributed by atoms with Gasteiger partial charge in [0.1, 0.15) is 5.82 Å². The zero-order valence-corrected chi connectivity index (χ0v) is 12.8. The molecule has 2 unspecified atom stereocenters. The summed E-state index contributed by atoms with van der Waals surface area (Å²) in [6, 6.07) is 0.550. The fourth-order valence-electron chi connectivity index (χ4n) is 2.56. The van der Waals surface area contributed by atoms with Crippen LogP contribution in [0, 0.1) is 0 Å². The average molecular weight is 288 g/mol. The average Bonchev–Trinajstić information content (AvgIpc) is 2.78. The van der Waals surface area contributed by atoms with E-state index < -0.39 is 0 Å². The van der Waals surface area contributed by atoms with E-state index in [2.05, 4.69) is 28.1 Å². The van der Waals surface area contributed by atoms with E-state index in [1.54, 1.807) is 11.5 Å². The van der Waals surface area contributed by atoms with Gasteiger partial charge in [0, 0.05) is 35.9 Å². The molecule has 18 heavy (non-hydrogen) atoms. The summed E-state index contributed by atoms with van der Waals surface area (Å²) in [6.07, 6.45) is 6.95. The van der Waals surface area contributed by atoms with Crippen molar-refractivity contribution >= 4 is 28.3 Å². The lowest BCUT2D eigenvalue weighted by atomic mass is 9.99. The van der Waals surface area contributed by atoms with Gasteiger partial charge in [0.2, 0.25) is 5.13 Å². The summed E-state index contributed by atoms with van der Waals surface area (Å²) in [7, 11) is 0. The number of halogens is 1. The van der Waals surface area contributed by atoms with Crippen LogP contribution in [0.5, 0.6) is 0 Å². The van der Waals surface area contributed by atoms with Crippen LogP contribution in [0.4, 0.5) is 5.13 Å². The predicted octanol–water partition coefficient (Wildman–Crippen LogP) is 3.87. The molecule has 0 N–H and O–H groups in total. The number of aromatic nitrogens is 2. The van der Waals surface area contributed by atoms with Crippen LogP contribution in [0.15, 0.2) is 0 Å². The Morgan fingerprint density at radius 1 is 1.50 bits per heavy atom. The summed E-state index contributed by atoms with van der Waals surface area (Å²) in [5.41, 5.74) is 0. The van der Waals surface area contributed by atoms with Crippen LogP contribution >= 0.6 is 23.1 Å². The lowest BCUT2D eigenvalue weighted by Gasteiger charge is -2.35. The molecule has 2 rings (SSSR count). The third kappa shape index (κ3) is 3.58. The quantitative estimate of drug-likeness (QED) is 0.770. The lowest BCUT2D eigenvalue weighted by molar-refractivity contribution is 0.436. The Labute approximate surface area is 119 Å². The molecule has 1 aliphatic heterocycles. The Morgan fingerprint density at radius 2 is 2.33 bits per heavy atom. The Bertz CT molecular complexity index is 367. The van der Waals surface area contributed by atoms with Crippen molar-refractivity contribution in [1.82, 2.24) is 9.36 Å². The fraction of sp³-hybridized carbons (Fsp3) is 0.846. The zero-order chi connectivity index (χ0) is 13.0. The second-order valence-corrected chi connectivity index (χ2v) is 6.58. The highest BCUT2D eigenvalue weighted by atomic mass is 35.5. The summed E-state index contributed by atoms with van der Waals surface area (Å²) >= 11 is 7.71. The highest BCUT2D eigenvalue weighted by molar-refractivity contribution is 7.09. The van der Waals surface area contributed by atoms with Crippen LogP contribution in [-0.2, 0) is 6.42 Å². The SMILES string of the molecule is CCCc1nsc(N2CCCCC2CC(C)Cl)n1. The van der Waals surface area contributed by atoms with E-state index in [0.29, 0.717) is 6.04 Å². The fourth-order valence-corrected chi connectivity index (χ4v) is 3.58. The zero-order valence-electron chi connectivity index (χ0n) is 11.2. The summed E-state index contributed by atoms with van der Waals surface area (Å²) in [5, 5.41) is 1.33. The van der Waals surface area contributed by atoms with Crippen LogP contribution < -0.4 is 4.90 Å². The van der Waals surface area contributed by atoms with Crippen molar-refractivity contribution in [2.24, 2.45) is 0 Å². The normalized spacial score (nSPS) is 22.2. The van der Waals surface area contributed by atoms with Crippen molar-refractivity contribution in [2.75, 3.05) is 11.4 Å². The molecule has 2 atom stereocenters. The molecule has 2 heterocycles. The first-order valence-corrected chi connectivity index (χ1v) is 8.15. The summed E-state index contributed by atoms with van der Waals surface area (Å²) < 4.78 is 4.45. The largest absolute Gasteiger partial charge is 0.344 e. The van der Waals surface area contributed by atoms with E-state index in [9.17, 15) is 0 Å². The molecule has 1 aromatic heterocycles.